The summed E-state index contributed by atoms with van der Waals surface area (Å²) in [5, 5.41) is 6.67. The molecule has 0 saturated carbocycles. The molecule has 26 heavy (non-hydrogen) atoms. The molecule has 0 radical (unpaired) electrons. The Morgan fingerprint density at radius 2 is 1.85 bits per heavy atom. The molecule has 0 aliphatic carbocycles. The summed E-state index contributed by atoms with van der Waals surface area (Å²) in [5.41, 5.74) is 2.41. The topological polar surface area (TPSA) is 54.9 Å². The molecular formula is C20H36IN3O2. The summed E-state index contributed by atoms with van der Waals surface area (Å²) < 4.78 is 11.2. The highest BCUT2D eigenvalue weighted by Gasteiger charge is 2.01. The van der Waals surface area contributed by atoms with Gasteiger partial charge in [0.15, 0.2) is 5.96 Å². The first-order chi connectivity index (χ1) is 12.2. The van der Waals surface area contributed by atoms with Crippen molar-refractivity contribution in [1.82, 2.24) is 10.6 Å². The number of guanidine groups is 1. The second-order valence-electron chi connectivity index (χ2n) is 6.35. The van der Waals surface area contributed by atoms with Gasteiger partial charge in [-0.05, 0) is 37.8 Å². The van der Waals surface area contributed by atoms with Gasteiger partial charge in [-0.15, -0.1) is 24.0 Å². The first-order valence-corrected chi connectivity index (χ1v) is 9.37. The standard InChI is InChI=1S/C20H35N3O2.HI/c1-5-6-12-24-13-8-11-22-20(21-4)23-15-18-9-7-10-19(14-18)16-25-17(2)3;/h7,9-10,14,17H,5-6,8,11-13,15-16H2,1-4H3,(H2,21,22,23);1H. The monoisotopic (exact) mass is 477 g/mol. The fourth-order valence-electron chi connectivity index (χ4n) is 2.23. The molecule has 0 amide bonds. The molecule has 0 fully saturated rings. The second kappa shape index (κ2) is 16.3. The molecule has 0 aromatic heterocycles. The lowest BCUT2D eigenvalue weighted by atomic mass is 10.1. The first-order valence-electron chi connectivity index (χ1n) is 9.37. The molecule has 0 heterocycles. The summed E-state index contributed by atoms with van der Waals surface area (Å²) in [7, 11) is 1.79. The Morgan fingerprint density at radius 3 is 2.54 bits per heavy atom. The van der Waals surface area contributed by atoms with Crippen LogP contribution in [-0.4, -0.2) is 38.9 Å². The van der Waals surface area contributed by atoms with E-state index in [4.69, 9.17) is 9.47 Å². The van der Waals surface area contributed by atoms with Gasteiger partial charge in [0.1, 0.15) is 0 Å². The van der Waals surface area contributed by atoms with Crippen molar-refractivity contribution in [3.8, 4) is 0 Å². The zero-order valence-electron chi connectivity index (χ0n) is 16.7. The Morgan fingerprint density at radius 1 is 1.12 bits per heavy atom. The van der Waals surface area contributed by atoms with Gasteiger partial charge in [0, 0.05) is 33.4 Å². The van der Waals surface area contributed by atoms with Crippen molar-refractivity contribution in [3.63, 3.8) is 0 Å². The molecule has 0 aliphatic rings. The van der Waals surface area contributed by atoms with Gasteiger partial charge in [-0.2, -0.15) is 0 Å². The predicted molar refractivity (Wildman–Crippen MR) is 120 cm³/mol. The van der Waals surface area contributed by atoms with Gasteiger partial charge >= 0.3 is 0 Å². The molecule has 150 valence electrons. The fourth-order valence-corrected chi connectivity index (χ4v) is 2.23. The molecule has 0 spiro atoms. The maximum atomic E-state index is 5.66. The quantitative estimate of drug-likeness (QED) is 0.206. The maximum absolute atomic E-state index is 5.66. The van der Waals surface area contributed by atoms with Crippen LogP contribution in [0.3, 0.4) is 0 Å². The molecule has 1 aromatic carbocycles. The van der Waals surface area contributed by atoms with E-state index in [-0.39, 0.29) is 30.1 Å². The molecular weight excluding hydrogens is 441 g/mol. The summed E-state index contributed by atoms with van der Waals surface area (Å²) >= 11 is 0. The number of nitrogens with zero attached hydrogens (tertiary/aromatic N) is 1. The molecule has 1 rings (SSSR count). The number of aliphatic imine (C=N–C) groups is 1. The van der Waals surface area contributed by atoms with Crippen molar-refractivity contribution < 1.29 is 9.47 Å². The van der Waals surface area contributed by atoms with E-state index in [1.807, 2.05) is 0 Å². The molecule has 0 saturated heterocycles. The number of rotatable bonds is 12. The lowest BCUT2D eigenvalue weighted by Gasteiger charge is -2.13. The lowest BCUT2D eigenvalue weighted by Crippen LogP contribution is -2.37. The van der Waals surface area contributed by atoms with Crippen LogP contribution < -0.4 is 10.6 Å². The third kappa shape index (κ3) is 12.5. The van der Waals surface area contributed by atoms with E-state index in [0.29, 0.717) is 6.61 Å². The highest BCUT2D eigenvalue weighted by molar-refractivity contribution is 14.0. The van der Waals surface area contributed by atoms with Crippen molar-refractivity contribution in [1.29, 1.82) is 0 Å². The molecule has 0 aliphatic heterocycles. The van der Waals surface area contributed by atoms with Crippen LogP contribution in [0.1, 0.15) is 51.2 Å². The zero-order valence-corrected chi connectivity index (χ0v) is 19.0. The predicted octanol–water partition coefficient (Wildman–Crippen LogP) is 4.10. The highest BCUT2D eigenvalue weighted by Crippen LogP contribution is 2.07. The first kappa shape index (κ1) is 25.1. The van der Waals surface area contributed by atoms with Crippen LogP contribution in [0.5, 0.6) is 0 Å². The van der Waals surface area contributed by atoms with Crippen LogP contribution in [-0.2, 0) is 22.6 Å². The van der Waals surface area contributed by atoms with Crippen LogP contribution in [0.25, 0.3) is 0 Å². The van der Waals surface area contributed by atoms with Crippen molar-refractivity contribution in [2.45, 2.75) is 59.3 Å². The van der Waals surface area contributed by atoms with Gasteiger partial charge in [0.25, 0.3) is 0 Å². The van der Waals surface area contributed by atoms with E-state index >= 15 is 0 Å². The molecule has 5 nitrogen and oxygen atoms in total. The minimum atomic E-state index is 0. The summed E-state index contributed by atoms with van der Waals surface area (Å²) in [4.78, 5) is 4.26. The van der Waals surface area contributed by atoms with Gasteiger partial charge in [-0.1, -0.05) is 37.6 Å². The van der Waals surface area contributed by atoms with Gasteiger partial charge in [0.05, 0.1) is 12.7 Å². The number of ether oxygens (including phenoxy) is 2. The Bertz CT molecular complexity index is 496. The molecule has 1 aromatic rings. The Balaban J connectivity index is 0.00000625. The lowest BCUT2D eigenvalue weighted by molar-refractivity contribution is 0.0657. The van der Waals surface area contributed by atoms with E-state index in [1.54, 1.807) is 7.05 Å². The van der Waals surface area contributed by atoms with Gasteiger partial charge in [-0.25, -0.2) is 0 Å². The normalized spacial score (nSPS) is 11.3. The third-order valence-electron chi connectivity index (χ3n) is 3.66. The van der Waals surface area contributed by atoms with Crippen molar-refractivity contribution >= 4 is 29.9 Å². The second-order valence-corrected chi connectivity index (χ2v) is 6.35. The number of unbranched alkanes of at least 4 members (excludes halogenated alkanes) is 1. The summed E-state index contributed by atoms with van der Waals surface area (Å²) in [6.45, 7) is 10.2. The van der Waals surface area contributed by atoms with Gasteiger partial charge in [0.2, 0.25) is 0 Å². The van der Waals surface area contributed by atoms with E-state index in [1.165, 1.54) is 17.5 Å². The SMILES string of the molecule is CCCCOCCCNC(=NC)NCc1cccc(COC(C)C)c1.I. The van der Waals surface area contributed by atoms with E-state index in [9.17, 15) is 0 Å². The van der Waals surface area contributed by atoms with E-state index in [2.05, 4.69) is 60.7 Å². The molecule has 0 atom stereocenters. The van der Waals surface area contributed by atoms with Crippen LogP contribution in [0.15, 0.2) is 29.3 Å². The summed E-state index contributed by atoms with van der Waals surface area (Å²) in [5.74, 6) is 0.817. The van der Waals surface area contributed by atoms with Crippen LogP contribution in [0.4, 0.5) is 0 Å². The third-order valence-corrected chi connectivity index (χ3v) is 3.66. The Hall–Kier alpha value is -0.860. The average Bonchev–Trinajstić information content (AvgIpc) is 2.62. The number of benzene rings is 1. The number of hydrogen-bond acceptors (Lipinski definition) is 3. The van der Waals surface area contributed by atoms with Crippen molar-refractivity contribution in [2.75, 3.05) is 26.8 Å². The number of halogens is 1. The minimum absolute atomic E-state index is 0. The molecule has 0 unspecified atom stereocenters. The van der Waals surface area contributed by atoms with Crippen molar-refractivity contribution in [3.05, 3.63) is 35.4 Å². The highest BCUT2D eigenvalue weighted by atomic mass is 127. The van der Waals surface area contributed by atoms with Crippen LogP contribution >= 0.6 is 24.0 Å². The van der Waals surface area contributed by atoms with E-state index < -0.39 is 0 Å². The Kier molecular flexibility index (Phi) is 15.8. The largest absolute Gasteiger partial charge is 0.381 e. The summed E-state index contributed by atoms with van der Waals surface area (Å²) in [6.07, 6.45) is 3.54. The average molecular weight is 477 g/mol. The molecule has 2 N–H and O–H groups in total. The molecule has 6 heteroatoms. The van der Waals surface area contributed by atoms with Crippen LogP contribution in [0, 0.1) is 0 Å². The Labute approximate surface area is 176 Å². The smallest absolute Gasteiger partial charge is 0.191 e. The van der Waals surface area contributed by atoms with Crippen molar-refractivity contribution in [2.24, 2.45) is 4.99 Å². The maximum Gasteiger partial charge on any atom is 0.191 e. The fraction of sp³-hybridized carbons (Fsp3) is 0.650. The van der Waals surface area contributed by atoms with E-state index in [0.717, 1.165) is 45.1 Å². The van der Waals surface area contributed by atoms with Gasteiger partial charge < -0.3 is 20.1 Å². The minimum Gasteiger partial charge on any atom is -0.381 e. The zero-order chi connectivity index (χ0) is 18.3. The molecule has 0 bridgehead atoms. The summed E-state index contributed by atoms with van der Waals surface area (Å²) in [6, 6.07) is 8.45. The number of nitrogens with one attached hydrogen (secondary N) is 2. The van der Waals surface area contributed by atoms with Gasteiger partial charge in [-0.3, -0.25) is 4.99 Å². The van der Waals surface area contributed by atoms with Crippen LogP contribution in [0.2, 0.25) is 0 Å². The number of hydrogen-bond donors (Lipinski definition) is 2.